The summed E-state index contributed by atoms with van der Waals surface area (Å²) in [6, 6.07) is 0.919. The fraction of sp³-hybridized carbons (Fsp3) is 0.688. The second kappa shape index (κ2) is 5.74. The van der Waals surface area contributed by atoms with Crippen LogP contribution in [-0.4, -0.2) is 32.8 Å². The Morgan fingerprint density at radius 3 is 2.73 bits per heavy atom. The summed E-state index contributed by atoms with van der Waals surface area (Å²) >= 11 is 0. The Labute approximate surface area is 129 Å². The van der Waals surface area contributed by atoms with E-state index in [4.69, 9.17) is 5.11 Å². The molecule has 2 N–H and O–H groups in total. The number of carbonyl (C=O) groups is 2. The molecule has 2 aliphatic carbocycles. The van der Waals surface area contributed by atoms with Crippen LogP contribution in [0.3, 0.4) is 0 Å². The molecule has 0 radical (unpaired) electrons. The van der Waals surface area contributed by atoms with Gasteiger partial charge in [0.1, 0.15) is 11.7 Å². The van der Waals surface area contributed by atoms with E-state index < -0.39 is 12.0 Å². The van der Waals surface area contributed by atoms with E-state index in [1.54, 1.807) is 6.92 Å². The Bertz CT molecular complexity index is 583. The lowest BCUT2D eigenvalue weighted by Gasteiger charge is -2.29. The van der Waals surface area contributed by atoms with Gasteiger partial charge >= 0.3 is 5.97 Å². The van der Waals surface area contributed by atoms with Crippen LogP contribution in [0.15, 0.2) is 12.3 Å². The molecule has 1 amide bonds. The summed E-state index contributed by atoms with van der Waals surface area (Å²) in [6.07, 6.45) is 6.55. The smallest absolute Gasteiger partial charge is 0.354 e. The van der Waals surface area contributed by atoms with Crippen molar-refractivity contribution >= 4 is 11.9 Å². The van der Waals surface area contributed by atoms with Crippen molar-refractivity contribution in [1.82, 2.24) is 15.1 Å². The van der Waals surface area contributed by atoms with Gasteiger partial charge < -0.3 is 10.4 Å². The van der Waals surface area contributed by atoms with E-state index in [1.807, 2.05) is 0 Å². The van der Waals surface area contributed by atoms with Gasteiger partial charge in [-0.25, -0.2) is 9.48 Å². The molecule has 0 aromatic carbocycles. The van der Waals surface area contributed by atoms with Crippen molar-refractivity contribution < 1.29 is 14.7 Å². The third-order valence-electron chi connectivity index (χ3n) is 5.44. The average molecular weight is 305 g/mol. The number of nitrogens with zero attached hydrogens (tertiary/aromatic N) is 2. The van der Waals surface area contributed by atoms with Gasteiger partial charge in [0.15, 0.2) is 0 Å². The number of carbonyl (C=O) groups excluding carboxylic acids is 1. The number of aromatic carboxylic acids is 1. The van der Waals surface area contributed by atoms with E-state index in [0.29, 0.717) is 5.92 Å². The first-order chi connectivity index (χ1) is 10.5. The first-order valence-electron chi connectivity index (χ1n) is 8.04. The van der Waals surface area contributed by atoms with E-state index in [9.17, 15) is 9.59 Å². The van der Waals surface area contributed by atoms with Crippen LogP contribution in [0, 0.1) is 17.8 Å². The number of hydrogen-bond acceptors (Lipinski definition) is 3. The van der Waals surface area contributed by atoms with Crippen molar-refractivity contribution in [3.8, 4) is 0 Å². The summed E-state index contributed by atoms with van der Waals surface area (Å²) in [4.78, 5) is 23.6. The van der Waals surface area contributed by atoms with Gasteiger partial charge in [-0.3, -0.25) is 4.79 Å². The number of carboxylic acids is 1. The van der Waals surface area contributed by atoms with Gasteiger partial charge in [0.05, 0.1) is 0 Å². The summed E-state index contributed by atoms with van der Waals surface area (Å²) in [5.41, 5.74) is 0.0372. The maximum absolute atomic E-state index is 12.4. The molecular weight excluding hydrogens is 282 g/mol. The largest absolute Gasteiger partial charge is 0.477 e. The standard InChI is InChI=1S/C16H23N3O3/c1-9(13-8-11-3-4-12(13)7-11)18-15(20)10(2)19-14(16(21)22)5-6-17-19/h5-6,9-13H,3-4,7-8H2,1-2H3,(H,18,20)(H,21,22). The van der Waals surface area contributed by atoms with Gasteiger partial charge in [0, 0.05) is 12.2 Å². The highest BCUT2D eigenvalue weighted by atomic mass is 16.4. The molecule has 22 heavy (non-hydrogen) atoms. The Balaban J connectivity index is 1.64. The number of nitrogens with one attached hydrogen (secondary N) is 1. The molecule has 0 aliphatic heterocycles. The predicted molar refractivity (Wildman–Crippen MR) is 80.4 cm³/mol. The van der Waals surface area contributed by atoms with E-state index in [-0.39, 0.29) is 17.6 Å². The fourth-order valence-electron chi connectivity index (χ4n) is 4.26. The van der Waals surface area contributed by atoms with Crippen LogP contribution in [0.5, 0.6) is 0 Å². The maximum Gasteiger partial charge on any atom is 0.354 e. The number of amides is 1. The topological polar surface area (TPSA) is 84.2 Å². The number of aromatic nitrogens is 2. The van der Waals surface area contributed by atoms with Crippen LogP contribution in [0.4, 0.5) is 0 Å². The third kappa shape index (κ3) is 2.62. The zero-order chi connectivity index (χ0) is 15.9. The Morgan fingerprint density at radius 2 is 2.14 bits per heavy atom. The zero-order valence-corrected chi connectivity index (χ0v) is 13.0. The highest BCUT2D eigenvalue weighted by Crippen LogP contribution is 2.49. The van der Waals surface area contributed by atoms with Crippen LogP contribution in [0.2, 0.25) is 0 Å². The highest BCUT2D eigenvalue weighted by molar-refractivity contribution is 5.87. The van der Waals surface area contributed by atoms with Crippen LogP contribution in [0.25, 0.3) is 0 Å². The first kappa shape index (κ1) is 15.1. The molecule has 120 valence electrons. The predicted octanol–water partition coefficient (Wildman–Crippen LogP) is 2.08. The first-order valence-corrected chi connectivity index (χ1v) is 8.04. The Hall–Kier alpha value is -1.85. The molecule has 3 rings (SSSR count). The van der Waals surface area contributed by atoms with E-state index in [2.05, 4.69) is 17.3 Å². The minimum Gasteiger partial charge on any atom is -0.477 e. The lowest BCUT2D eigenvalue weighted by atomic mass is 9.84. The van der Waals surface area contributed by atoms with E-state index in [0.717, 1.165) is 11.8 Å². The fourth-order valence-corrected chi connectivity index (χ4v) is 4.26. The van der Waals surface area contributed by atoms with Crippen LogP contribution >= 0.6 is 0 Å². The zero-order valence-electron chi connectivity index (χ0n) is 13.0. The molecule has 2 bridgehead atoms. The molecule has 0 spiro atoms. The van der Waals surface area contributed by atoms with Gasteiger partial charge in [0.2, 0.25) is 5.91 Å². The third-order valence-corrected chi connectivity index (χ3v) is 5.44. The molecular formula is C16H23N3O3. The molecule has 1 heterocycles. The van der Waals surface area contributed by atoms with E-state index >= 15 is 0 Å². The van der Waals surface area contributed by atoms with Gasteiger partial charge in [-0.1, -0.05) is 6.42 Å². The highest BCUT2D eigenvalue weighted by Gasteiger charge is 2.42. The lowest BCUT2D eigenvalue weighted by molar-refractivity contribution is -0.125. The normalized spacial score (nSPS) is 29.3. The van der Waals surface area contributed by atoms with Crippen molar-refractivity contribution in [2.24, 2.45) is 17.8 Å². The Kier molecular flexibility index (Phi) is 3.93. The van der Waals surface area contributed by atoms with Crippen LogP contribution in [-0.2, 0) is 4.79 Å². The van der Waals surface area contributed by atoms with Gasteiger partial charge in [-0.15, -0.1) is 0 Å². The molecule has 2 fully saturated rings. The summed E-state index contributed by atoms with van der Waals surface area (Å²) < 4.78 is 1.27. The molecule has 6 nitrogen and oxygen atoms in total. The van der Waals surface area contributed by atoms with Crippen molar-refractivity contribution in [2.75, 3.05) is 0 Å². The summed E-state index contributed by atoms with van der Waals surface area (Å²) in [7, 11) is 0. The van der Waals surface area contributed by atoms with Crippen molar-refractivity contribution in [3.05, 3.63) is 18.0 Å². The van der Waals surface area contributed by atoms with Gasteiger partial charge in [-0.2, -0.15) is 5.10 Å². The molecule has 6 heteroatoms. The molecule has 0 saturated heterocycles. The molecule has 2 aliphatic rings. The maximum atomic E-state index is 12.4. The van der Waals surface area contributed by atoms with Crippen molar-refractivity contribution in [3.63, 3.8) is 0 Å². The van der Waals surface area contributed by atoms with Crippen LogP contribution < -0.4 is 5.32 Å². The van der Waals surface area contributed by atoms with Gasteiger partial charge in [0.25, 0.3) is 0 Å². The second-order valence-corrected chi connectivity index (χ2v) is 6.78. The van der Waals surface area contributed by atoms with Crippen molar-refractivity contribution in [2.45, 2.75) is 51.6 Å². The van der Waals surface area contributed by atoms with Crippen LogP contribution in [0.1, 0.15) is 56.1 Å². The number of carboxylic acid groups (broad SMARTS) is 1. The number of rotatable bonds is 5. The number of hydrogen-bond donors (Lipinski definition) is 2. The SMILES string of the molecule is CC(NC(=O)C(C)n1nccc1C(=O)O)C1CC2CCC1C2. The minimum atomic E-state index is -1.07. The molecule has 5 unspecified atom stereocenters. The summed E-state index contributed by atoms with van der Waals surface area (Å²) in [5, 5.41) is 16.2. The molecule has 1 aromatic heterocycles. The quantitative estimate of drug-likeness (QED) is 0.872. The lowest BCUT2D eigenvalue weighted by Crippen LogP contribution is -2.43. The number of fused-ring (bicyclic) bond motifs is 2. The summed E-state index contributed by atoms with van der Waals surface area (Å²) in [6.45, 7) is 3.75. The average Bonchev–Trinajstić information content (AvgIpc) is 3.21. The van der Waals surface area contributed by atoms with E-state index in [1.165, 1.54) is 42.6 Å². The summed E-state index contributed by atoms with van der Waals surface area (Å²) in [5.74, 6) is 0.914. The minimum absolute atomic E-state index is 0.0372. The monoisotopic (exact) mass is 305 g/mol. The Morgan fingerprint density at radius 1 is 1.36 bits per heavy atom. The van der Waals surface area contributed by atoms with Gasteiger partial charge in [-0.05, 0) is 56.9 Å². The molecule has 5 atom stereocenters. The van der Waals surface area contributed by atoms with Crippen molar-refractivity contribution in [1.29, 1.82) is 0 Å². The molecule has 2 saturated carbocycles. The molecule has 1 aromatic rings. The second-order valence-electron chi connectivity index (χ2n) is 6.78.